The van der Waals surface area contributed by atoms with Gasteiger partial charge in [0.15, 0.2) is 11.3 Å². The second-order valence-corrected chi connectivity index (χ2v) is 7.27. The summed E-state index contributed by atoms with van der Waals surface area (Å²) in [6.07, 6.45) is -0.985. The summed E-state index contributed by atoms with van der Waals surface area (Å²) in [5.41, 5.74) is -1.55. The summed E-state index contributed by atoms with van der Waals surface area (Å²) in [5.74, 6) is 0. The van der Waals surface area contributed by atoms with Gasteiger partial charge in [0.25, 0.3) is 5.56 Å². The first kappa shape index (κ1) is 22.1. The SMILES string of the molecule is Cc1cn([C@@H]2C=C[C@@H](CNC(=S)Nc3ccc(Cl)c(C(F)(F)F)c3)O2)c(=O)[nH]c1=O. The Kier molecular flexibility index (Phi) is 6.34. The van der Waals surface area contributed by atoms with Crippen molar-refractivity contribution in [2.45, 2.75) is 25.4 Å². The summed E-state index contributed by atoms with van der Waals surface area (Å²) in [7, 11) is 0. The highest BCUT2D eigenvalue weighted by Crippen LogP contribution is 2.36. The lowest BCUT2D eigenvalue weighted by Crippen LogP contribution is -2.36. The zero-order chi connectivity index (χ0) is 22.1. The van der Waals surface area contributed by atoms with Gasteiger partial charge in [-0.05, 0) is 43.4 Å². The van der Waals surface area contributed by atoms with E-state index in [1.54, 1.807) is 19.1 Å². The van der Waals surface area contributed by atoms with E-state index in [0.717, 1.165) is 12.1 Å². The molecule has 0 fully saturated rings. The van der Waals surface area contributed by atoms with Crippen molar-refractivity contribution < 1.29 is 17.9 Å². The molecule has 1 aliphatic rings. The number of nitrogens with one attached hydrogen (secondary N) is 3. The molecule has 0 bridgehead atoms. The van der Waals surface area contributed by atoms with Crippen LogP contribution in [0.5, 0.6) is 0 Å². The third-order valence-corrected chi connectivity index (χ3v) is 4.79. The van der Waals surface area contributed by atoms with E-state index in [0.29, 0.717) is 5.56 Å². The van der Waals surface area contributed by atoms with Gasteiger partial charge < -0.3 is 15.4 Å². The molecule has 12 heteroatoms. The van der Waals surface area contributed by atoms with Gasteiger partial charge >= 0.3 is 11.9 Å². The Bertz CT molecular complexity index is 1110. The third-order valence-electron chi connectivity index (χ3n) is 4.22. The molecule has 3 rings (SSSR count). The van der Waals surface area contributed by atoms with Crippen LogP contribution < -0.4 is 21.9 Å². The highest BCUT2D eigenvalue weighted by atomic mass is 35.5. The fourth-order valence-electron chi connectivity index (χ4n) is 2.73. The van der Waals surface area contributed by atoms with E-state index in [4.69, 9.17) is 28.6 Å². The predicted octanol–water partition coefficient (Wildman–Crippen LogP) is 2.96. The molecule has 0 unspecified atom stereocenters. The number of hydrogen-bond donors (Lipinski definition) is 3. The molecule has 2 aromatic rings. The van der Waals surface area contributed by atoms with Gasteiger partial charge in [0, 0.05) is 24.0 Å². The lowest BCUT2D eigenvalue weighted by molar-refractivity contribution is -0.137. The van der Waals surface area contributed by atoms with Crippen molar-refractivity contribution >= 4 is 34.6 Å². The van der Waals surface area contributed by atoms with Gasteiger partial charge in [-0.3, -0.25) is 14.3 Å². The van der Waals surface area contributed by atoms with Crippen LogP contribution in [0.15, 0.2) is 46.1 Å². The lowest BCUT2D eigenvalue weighted by Gasteiger charge is -2.18. The number of benzene rings is 1. The standard InChI is InChI=1S/C18H16ClF3N4O3S/c1-9-8-26(17(28)25-15(9)27)14-5-3-11(29-14)7-23-16(30)24-10-2-4-13(19)12(6-10)18(20,21)22/h2-6,8,11,14H,7H2,1H3,(H2,23,24,30)(H,25,27,28)/t11-,14-/m0/s1. The molecule has 3 N–H and O–H groups in total. The first-order valence-electron chi connectivity index (χ1n) is 8.62. The molecule has 1 aromatic carbocycles. The topological polar surface area (TPSA) is 88.2 Å². The lowest BCUT2D eigenvalue weighted by atomic mass is 10.2. The predicted molar refractivity (Wildman–Crippen MR) is 110 cm³/mol. The van der Waals surface area contributed by atoms with Crippen LogP contribution in [0.1, 0.15) is 17.4 Å². The van der Waals surface area contributed by atoms with Gasteiger partial charge in [0.05, 0.1) is 16.7 Å². The van der Waals surface area contributed by atoms with E-state index in [9.17, 15) is 22.8 Å². The Morgan fingerprint density at radius 3 is 2.77 bits per heavy atom. The number of halogens is 4. The largest absolute Gasteiger partial charge is 0.417 e. The van der Waals surface area contributed by atoms with Gasteiger partial charge in [-0.1, -0.05) is 17.7 Å². The maximum atomic E-state index is 12.9. The molecule has 0 saturated heterocycles. The summed E-state index contributed by atoms with van der Waals surface area (Å²) in [4.78, 5) is 25.6. The minimum absolute atomic E-state index is 0.0861. The third kappa shape index (κ3) is 5.10. The molecular weight excluding hydrogens is 445 g/mol. The van der Waals surface area contributed by atoms with Gasteiger partial charge in [0.2, 0.25) is 0 Å². The van der Waals surface area contributed by atoms with E-state index >= 15 is 0 Å². The van der Waals surface area contributed by atoms with E-state index in [1.165, 1.54) is 16.8 Å². The maximum absolute atomic E-state index is 12.9. The van der Waals surface area contributed by atoms with Crippen molar-refractivity contribution in [3.63, 3.8) is 0 Å². The van der Waals surface area contributed by atoms with Crippen LogP contribution in [0.4, 0.5) is 18.9 Å². The van der Waals surface area contributed by atoms with Crippen molar-refractivity contribution in [2.24, 2.45) is 0 Å². The fourth-order valence-corrected chi connectivity index (χ4v) is 3.15. The van der Waals surface area contributed by atoms with Crippen LogP contribution in [-0.4, -0.2) is 27.3 Å². The minimum Gasteiger partial charge on any atom is -0.360 e. The van der Waals surface area contributed by atoms with E-state index in [1.807, 2.05) is 0 Å². The highest BCUT2D eigenvalue weighted by molar-refractivity contribution is 7.80. The van der Waals surface area contributed by atoms with Gasteiger partial charge in [-0.15, -0.1) is 0 Å². The number of H-pyrrole nitrogens is 1. The first-order valence-corrected chi connectivity index (χ1v) is 9.40. The Morgan fingerprint density at radius 1 is 1.33 bits per heavy atom. The molecule has 0 aliphatic carbocycles. The summed E-state index contributed by atoms with van der Waals surface area (Å²) >= 11 is 10.7. The molecule has 160 valence electrons. The number of rotatable bonds is 4. The van der Waals surface area contributed by atoms with Crippen LogP contribution in [0.25, 0.3) is 0 Å². The van der Waals surface area contributed by atoms with Crippen molar-refractivity contribution in [3.05, 3.63) is 73.5 Å². The Morgan fingerprint density at radius 2 is 2.07 bits per heavy atom. The number of ether oxygens (including phenoxy) is 1. The number of aryl methyl sites for hydroxylation is 1. The second kappa shape index (κ2) is 8.62. The van der Waals surface area contributed by atoms with Crippen LogP contribution in [0.3, 0.4) is 0 Å². The van der Waals surface area contributed by atoms with Crippen LogP contribution in [0, 0.1) is 6.92 Å². The van der Waals surface area contributed by atoms with E-state index < -0.39 is 40.3 Å². The molecule has 2 atom stereocenters. The summed E-state index contributed by atoms with van der Waals surface area (Å²) in [5, 5.41) is 5.17. The molecule has 0 radical (unpaired) electrons. The second-order valence-electron chi connectivity index (χ2n) is 6.46. The normalized spacial score (nSPS) is 18.4. The molecule has 30 heavy (non-hydrogen) atoms. The van der Waals surface area contributed by atoms with Crippen molar-refractivity contribution in [3.8, 4) is 0 Å². The minimum atomic E-state index is -4.58. The Hall–Kier alpha value is -2.63. The van der Waals surface area contributed by atoms with Crippen molar-refractivity contribution in [1.29, 1.82) is 0 Å². The Balaban J connectivity index is 1.57. The summed E-state index contributed by atoms with van der Waals surface area (Å²) in [6.45, 7) is 1.77. The first-order chi connectivity index (χ1) is 14.0. The number of thiocarbonyl (C=S) groups is 1. The molecule has 0 saturated carbocycles. The summed E-state index contributed by atoms with van der Waals surface area (Å²) < 4.78 is 45.8. The quantitative estimate of drug-likeness (QED) is 0.480. The van der Waals surface area contributed by atoms with Crippen LogP contribution in [-0.2, 0) is 10.9 Å². The monoisotopic (exact) mass is 460 g/mol. The molecule has 1 aromatic heterocycles. The van der Waals surface area contributed by atoms with E-state index in [2.05, 4.69) is 15.6 Å². The van der Waals surface area contributed by atoms with Crippen LogP contribution >= 0.6 is 23.8 Å². The van der Waals surface area contributed by atoms with Crippen LogP contribution in [0.2, 0.25) is 5.02 Å². The molecular formula is C18H16ClF3N4O3S. The molecule has 0 spiro atoms. The zero-order valence-electron chi connectivity index (χ0n) is 15.4. The van der Waals surface area contributed by atoms with E-state index in [-0.39, 0.29) is 17.3 Å². The average molecular weight is 461 g/mol. The van der Waals surface area contributed by atoms with Gasteiger partial charge in [0.1, 0.15) is 0 Å². The van der Waals surface area contributed by atoms with Crippen molar-refractivity contribution in [1.82, 2.24) is 14.9 Å². The number of aromatic amines is 1. The van der Waals surface area contributed by atoms with Crippen molar-refractivity contribution in [2.75, 3.05) is 11.9 Å². The molecule has 7 nitrogen and oxygen atoms in total. The molecule has 2 heterocycles. The number of aromatic nitrogens is 2. The number of nitrogens with zero attached hydrogens (tertiary/aromatic N) is 1. The molecule has 0 amide bonds. The van der Waals surface area contributed by atoms with Gasteiger partial charge in [-0.2, -0.15) is 13.2 Å². The zero-order valence-corrected chi connectivity index (χ0v) is 17.0. The Labute approximate surface area is 178 Å². The maximum Gasteiger partial charge on any atom is 0.417 e. The van der Waals surface area contributed by atoms with Gasteiger partial charge in [-0.25, -0.2) is 4.79 Å². The molecule has 1 aliphatic heterocycles. The number of alkyl halides is 3. The summed E-state index contributed by atoms with van der Waals surface area (Å²) in [6, 6.07) is 3.37. The number of hydrogen-bond acceptors (Lipinski definition) is 4. The highest BCUT2D eigenvalue weighted by Gasteiger charge is 2.33. The smallest absolute Gasteiger partial charge is 0.360 e. The fraction of sp³-hybridized carbons (Fsp3) is 0.278. The number of anilines is 1. The average Bonchev–Trinajstić information content (AvgIpc) is 3.12.